The number of rotatable bonds is 2. The average Bonchev–Trinajstić information content (AvgIpc) is 3.91. The molecule has 8 heteroatoms. The Hall–Kier alpha value is -6.12. The molecule has 10 aromatic rings. The zero-order valence-electron chi connectivity index (χ0n) is 33.1. The molecular weight excluding hydrogens is 633 g/mol. The van der Waals surface area contributed by atoms with E-state index >= 15 is 0 Å². The number of fused-ring (bicyclic) bond motifs is 12. The molecule has 0 spiro atoms. The lowest BCUT2D eigenvalue weighted by molar-refractivity contribution is 0.486. The Balaban J connectivity index is 1.15. The van der Waals surface area contributed by atoms with Crippen molar-refractivity contribution in [1.82, 2.24) is 27.9 Å². The minimum absolute atomic E-state index is 0.175. The van der Waals surface area contributed by atoms with Crippen LogP contribution in [0.5, 0.6) is 11.5 Å². The molecule has 0 saturated carbocycles. The van der Waals surface area contributed by atoms with Gasteiger partial charge in [0.05, 0.1) is 44.1 Å². The molecule has 0 N–H and O–H groups in total. The average molecular weight is 671 g/mol. The maximum Gasteiger partial charge on any atom is 0.220 e. The van der Waals surface area contributed by atoms with Gasteiger partial charge in [-0.15, -0.1) is 0 Å². The second-order valence-corrected chi connectivity index (χ2v) is 16.7. The summed E-state index contributed by atoms with van der Waals surface area (Å²) in [5.41, 5.74) is 9.39. The van der Waals surface area contributed by atoms with Gasteiger partial charge in [0.15, 0.2) is 0 Å². The van der Waals surface area contributed by atoms with E-state index < -0.39 is 21.4 Å². The molecule has 7 nitrogen and oxygen atoms in total. The van der Waals surface area contributed by atoms with Crippen molar-refractivity contribution in [1.29, 1.82) is 0 Å². The molecule has 1 aliphatic rings. The van der Waals surface area contributed by atoms with Crippen molar-refractivity contribution in [3.05, 3.63) is 132 Å². The summed E-state index contributed by atoms with van der Waals surface area (Å²) in [6.07, 6.45) is 0. The van der Waals surface area contributed by atoms with Gasteiger partial charge < -0.3 is 4.74 Å². The third-order valence-electron chi connectivity index (χ3n) is 10.4. The van der Waals surface area contributed by atoms with Gasteiger partial charge in [-0.25, -0.2) is 9.97 Å². The molecule has 0 saturated heterocycles. The van der Waals surface area contributed by atoms with Gasteiger partial charge in [-0.3, -0.25) is 17.9 Å². The summed E-state index contributed by atoms with van der Waals surface area (Å²) in [7, 11) is -3.62. The zero-order valence-corrected chi connectivity index (χ0v) is 28.1. The van der Waals surface area contributed by atoms with Gasteiger partial charge in [-0.2, -0.15) is 0 Å². The van der Waals surface area contributed by atoms with Gasteiger partial charge in [0, 0.05) is 19.6 Å². The molecule has 50 heavy (non-hydrogen) atoms. The minimum atomic E-state index is -3.62. The first-order valence-corrected chi connectivity index (χ1v) is 19.1. The van der Waals surface area contributed by atoms with E-state index in [4.69, 9.17) is 18.8 Å². The summed E-state index contributed by atoms with van der Waals surface area (Å²) in [6, 6.07) is 39.0. The Morgan fingerprint density at radius 3 is 1.56 bits per heavy atom. The van der Waals surface area contributed by atoms with Crippen LogP contribution in [-0.4, -0.2) is 36.0 Å². The lowest BCUT2D eigenvalue weighted by Gasteiger charge is -2.33. The van der Waals surface area contributed by atoms with Crippen LogP contribution in [0.2, 0.25) is 13.0 Å². The van der Waals surface area contributed by atoms with E-state index in [9.17, 15) is 4.11 Å². The van der Waals surface area contributed by atoms with Crippen molar-refractivity contribution in [2.24, 2.45) is 0 Å². The van der Waals surface area contributed by atoms with E-state index in [-0.39, 0.29) is 5.56 Å². The normalized spacial score (nSPS) is 18.1. The number of hydrogen-bond donors (Lipinski definition) is 0. The van der Waals surface area contributed by atoms with Crippen molar-refractivity contribution < 1.29 is 13.0 Å². The van der Waals surface area contributed by atoms with Crippen molar-refractivity contribution in [3.63, 3.8) is 0 Å². The van der Waals surface area contributed by atoms with E-state index in [1.165, 1.54) is 0 Å². The molecule has 5 heterocycles. The van der Waals surface area contributed by atoms with Crippen molar-refractivity contribution in [2.75, 3.05) is 0 Å². The van der Waals surface area contributed by atoms with Gasteiger partial charge in [-0.1, -0.05) is 61.6 Å². The topological polar surface area (TPSA) is 53.7 Å². The van der Waals surface area contributed by atoms with Crippen LogP contribution in [0.3, 0.4) is 0 Å². The van der Waals surface area contributed by atoms with Crippen molar-refractivity contribution >= 4 is 74.1 Å². The highest BCUT2D eigenvalue weighted by Crippen LogP contribution is 2.36. The lowest BCUT2D eigenvalue weighted by Crippen LogP contribution is -2.56. The largest absolute Gasteiger partial charge is 0.458 e. The van der Waals surface area contributed by atoms with Crippen LogP contribution >= 0.6 is 0 Å². The van der Waals surface area contributed by atoms with Crippen LogP contribution < -0.4 is 15.1 Å². The molecule has 0 aliphatic carbocycles. The van der Waals surface area contributed by atoms with E-state index in [1.54, 1.807) is 12.1 Å². The lowest BCUT2D eigenvalue weighted by atomic mass is 10.2. The van der Waals surface area contributed by atoms with Crippen molar-refractivity contribution in [3.8, 4) is 22.9 Å². The molecule has 1 unspecified atom stereocenters. The first kappa shape index (κ1) is 22.5. The highest BCUT2D eigenvalue weighted by atomic mass is 28.3. The van der Waals surface area contributed by atoms with E-state index in [0.29, 0.717) is 44.4 Å². The maximum atomic E-state index is 9.19. The maximum absolute atomic E-state index is 9.19. The van der Waals surface area contributed by atoms with E-state index in [1.807, 2.05) is 100 Å². The number of hydrogen-bond acceptors (Lipinski definition) is 3. The molecule has 0 radical (unpaired) electrons. The standard InChI is InChI=1S/C42H32N6OSi/c1-25-11-9-17-33-39(25)43-41-45(29-13-5-7-15-31(29)47(33)41)27-19-21-35-37(23-27)50(3,4)38-24-28(20-22-36(38)49-35)46-30-14-6-8-16-32(30)48-34-18-10-12-26(2)40(34)44-42(46)48/h5-24H,1-4H3/i1D3,3D3. The Labute approximate surface area is 296 Å². The second kappa shape index (κ2) is 9.52. The number of imidazole rings is 4. The molecule has 0 amide bonds. The predicted octanol–water partition coefficient (Wildman–Crippen LogP) is 8.72. The highest BCUT2D eigenvalue weighted by molar-refractivity contribution is 7.01. The van der Waals surface area contributed by atoms with Crippen molar-refractivity contribution in [2.45, 2.75) is 26.8 Å². The van der Waals surface area contributed by atoms with Gasteiger partial charge in [0.1, 0.15) is 19.6 Å². The van der Waals surface area contributed by atoms with Crippen LogP contribution in [0.1, 0.15) is 19.4 Å². The minimum Gasteiger partial charge on any atom is -0.458 e. The smallest absolute Gasteiger partial charge is 0.220 e. The first-order valence-electron chi connectivity index (χ1n) is 19.6. The number of nitrogens with zero attached hydrogens (tertiary/aromatic N) is 6. The fourth-order valence-corrected chi connectivity index (χ4v) is 10.5. The third-order valence-corrected chi connectivity index (χ3v) is 13.3. The third kappa shape index (κ3) is 3.48. The molecule has 240 valence electrons. The van der Waals surface area contributed by atoms with Crippen LogP contribution in [0.4, 0.5) is 0 Å². The highest BCUT2D eigenvalue weighted by Gasteiger charge is 2.37. The molecule has 6 aromatic carbocycles. The van der Waals surface area contributed by atoms with Crippen LogP contribution in [0, 0.1) is 13.8 Å². The predicted molar refractivity (Wildman–Crippen MR) is 205 cm³/mol. The monoisotopic (exact) mass is 670 g/mol. The molecule has 4 aromatic heterocycles. The van der Waals surface area contributed by atoms with Gasteiger partial charge in [0.2, 0.25) is 11.6 Å². The fourth-order valence-electron chi connectivity index (χ4n) is 8.04. The number of benzene rings is 6. The number of para-hydroxylation sites is 6. The molecule has 11 rings (SSSR count). The summed E-state index contributed by atoms with van der Waals surface area (Å²) in [4.78, 5) is 10.1. The molecule has 1 atom stereocenters. The Morgan fingerprint density at radius 2 is 1.04 bits per heavy atom. The summed E-state index contributed by atoms with van der Waals surface area (Å²) < 4.78 is 67.0. The van der Waals surface area contributed by atoms with E-state index in [0.717, 1.165) is 50.1 Å². The fraction of sp³-hybridized carbons (Fsp3) is 0.0952. The van der Waals surface area contributed by atoms with Gasteiger partial charge in [0.25, 0.3) is 0 Å². The summed E-state index contributed by atoms with van der Waals surface area (Å²) in [5.74, 6) is 2.31. The summed E-state index contributed by atoms with van der Waals surface area (Å²) in [5, 5.41) is 1.30. The van der Waals surface area contributed by atoms with Crippen LogP contribution in [0.15, 0.2) is 121 Å². The second-order valence-electron chi connectivity index (χ2n) is 13.3. The molecular formula is C42H32N6OSi. The number of aryl methyl sites for hydroxylation is 2. The zero-order chi connectivity index (χ0) is 38.5. The number of aromatic nitrogens is 6. The van der Waals surface area contributed by atoms with Gasteiger partial charge in [-0.05, 0) is 108 Å². The van der Waals surface area contributed by atoms with Crippen LogP contribution in [-0.2, 0) is 0 Å². The first-order chi connectivity index (χ1) is 26.8. The quantitative estimate of drug-likeness (QED) is 0.173. The Bertz CT molecular complexity index is 3320. The summed E-state index contributed by atoms with van der Waals surface area (Å²) in [6.45, 7) is -0.762. The molecule has 0 fully saturated rings. The van der Waals surface area contributed by atoms with Gasteiger partial charge >= 0.3 is 0 Å². The number of ether oxygens (including phenoxy) is 1. The molecule has 1 aliphatic heterocycles. The Morgan fingerprint density at radius 1 is 0.560 bits per heavy atom. The molecule has 0 bridgehead atoms. The Kier molecular flexibility index (Phi) is 4.28. The SMILES string of the molecule is [2H]C([2H])([2H])c1cccc2c1nc1n(-c3ccc4c(c3)[Si](C)(C([2H])([2H])[2H])c3cc(-n5c6ccccc6n6c7cccc(C)c7nc56)ccc3O4)c3ccccc3n21. The van der Waals surface area contributed by atoms with Crippen LogP contribution in [0.25, 0.3) is 67.1 Å². The summed E-state index contributed by atoms with van der Waals surface area (Å²) >= 11 is 0. The van der Waals surface area contributed by atoms with E-state index in [2.05, 4.69) is 40.2 Å².